The Morgan fingerprint density at radius 1 is 1.04 bits per heavy atom. The van der Waals surface area contributed by atoms with Crippen molar-refractivity contribution in [1.29, 1.82) is 0 Å². The Morgan fingerprint density at radius 2 is 1.86 bits per heavy atom. The number of methoxy groups -OCH3 is 3. The minimum absolute atomic E-state index is 0.00219. The van der Waals surface area contributed by atoms with Crippen LogP contribution in [0.3, 0.4) is 0 Å². The highest BCUT2D eigenvalue weighted by Gasteiger charge is 2.08. The Labute approximate surface area is 164 Å². The highest BCUT2D eigenvalue weighted by molar-refractivity contribution is 5.80. The third-order valence-corrected chi connectivity index (χ3v) is 4.58. The van der Waals surface area contributed by atoms with Gasteiger partial charge in [0.05, 0.1) is 39.6 Å². The van der Waals surface area contributed by atoms with Crippen LogP contribution in [0.5, 0.6) is 17.2 Å². The number of rotatable bonds is 9. The summed E-state index contributed by atoms with van der Waals surface area (Å²) >= 11 is 0. The van der Waals surface area contributed by atoms with Gasteiger partial charge in [0.15, 0.2) is 11.5 Å². The molecule has 0 radical (unpaired) electrons. The van der Waals surface area contributed by atoms with Crippen molar-refractivity contribution in [2.45, 2.75) is 19.4 Å². The van der Waals surface area contributed by atoms with Gasteiger partial charge in [-0.25, -0.2) is 0 Å². The second-order valence-electron chi connectivity index (χ2n) is 6.33. The number of nitrogens with zero attached hydrogens (tertiary/aromatic N) is 2. The molecular formula is C21H25N3O4. The molecule has 0 aliphatic rings. The number of ether oxygens (including phenoxy) is 3. The molecule has 0 aliphatic carbocycles. The largest absolute Gasteiger partial charge is 0.497 e. The number of hydrogen-bond acceptors (Lipinski definition) is 5. The van der Waals surface area contributed by atoms with Crippen LogP contribution < -0.4 is 19.5 Å². The summed E-state index contributed by atoms with van der Waals surface area (Å²) < 4.78 is 17.6. The Hall–Kier alpha value is -3.22. The van der Waals surface area contributed by atoms with Gasteiger partial charge in [0, 0.05) is 18.4 Å². The van der Waals surface area contributed by atoms with Crippen LogP contribution in [0.4, 0.5) is 0 Å². The summed E-state index contributed by atoms with van der Waals surface area (Å²) in [5.41, 5.74) is 2.06. The lowest BCUT2D eigenvalue weighted by Crippen LogP contribution is -2.26. The smallest absolute Gasteiger partial charge is 0.221 e. The number of carbonyl (C=O) groups excluding carboxylic acids is 1. The molecular weight excluding hydrogens is 358 g/mol. The highest BCUT2D eigenvalue weighted by atomic mass is 16.5. The number of aromatic nitrogens is 2. The van der Waals surface area contributed by atoms with E-state index in [2.05, 4.69) is 10.4 Å². The lowest BCUT2D eigenvalue weighted by molar-refractivity contribution is -0.121. The summed E-state index contributed by atoms with van der Waals surface area (Å²) in [4.78, 5) is 12.2. The van der Waals surface area contributed by atoms with Crippen LogP contribution >= 0.6 is 0 Å². The second-order valence-corrected chi connectivity index (χ2v) is 6.33. The Kier molecular flexibility index (Phi) is 6.37. The zero-order valence-electron chi connectivity index (χ0n) is 16.4. The van der Waals surface area contributed by atoms with Crippen LogP contribution in [-0.4, -0.2) is 43.6 Å². The molecule has 0 fully saturated rings. The van der Waals surface area contributed by atoms with Crippen LogP contribution in [0.1, 0.15) is 12.0 Å². The van der Waals surface area contributed by atoms with E-state index in [0.29, 0.717) is 31.0 Å². The normalized spacial score (nSPS) is 10.7. The zero-order valence-corrected chi connectivity index (χ0v) is 16.4. The molecule has 7 nitrogen and oxygen atoms in total. The van der Waals surface area contributed by atoms with Crippen LogP contribution in [0.25, 0.3) is 10.9 Å². The van der Waals surface area contributed by atoms with Gasteiger partial charge in [0.25, 0.3) is 0 Å². The van der Waals surface area contributed by atoms with Gasteiger partial charge in [-0.2, -0.15) is 5.10 Å². The first kappa shape index (κ1) is 19.5. The molecule has 28 heavy (non-hydrogen) atoms. The number of nitrogens with one attached hydrogen (secondary N) is 1. The van der Waals surface area contributed by atoms with Crippen LogP contribution in [0.15, 0.2) is 42.6 Å². The molecule has 1 N–H and O–H groups in total. The third kappa shape index (κ3) is 4.54. The van der Waals surface area contributed by atoms with Gasteiger partial charge in [-0.05, 0) is 42.3 Å². The molecule has 0 bridgehead atoms. The summed E-state index contributed by atoms with van der Waals surface area (Å²) in [5.74, 6) is 2.17. The van der Waals surface area contributed by atoms with E-state index in [1.54, 1.807) is 27.5 Å². The fraction of sp³-hybridized carbons (Fsp3) is 0.333. The fourth-order valence-corrected chi connectivity index (χ4v) is 3.05. The standard InChI is InChI=1S/C21H25N3O4/c1-26-17-5-6-18-16(13-17)14-23-24(18)11-9-21(25)22-10-8-15-4-7-19(27-2)20(12-15)28-3/h4-7,12-14H,8-11H2,1-3H3,(H,22,25). The lowest BCUT2D eigenvalue weighted by atomic mass is 10.1. The minimum Gasteiger partial charge on any atom is -0.497 e. The monoisotopic (exact) mass is 383 g/mol. The van der Waals surface area contributed by atoms with Crippen molar-refractivity contribution in [3.05, 3.63) is 48.2 Å². The van der Waals surface area contributed by atoms with E-state index in [0.717, 1.165) is 28.6 Å². The van der Waals surface area contributed by atoms with Gasteiger partial charge >= 0.3 is 0 Å². The maximum atomic E-state index is 12.2. The van der Waals surface area contributed by atoms with E-state index < -0.39 is 0 Å². The van der Waals surface area contributed by atoms with E-state index in [-0.39, 0.29) is 5.91 Å². The second kappa shape index (κ2) is 9.12. The Bertz CT molecular complexity index is 952. The predicted octanol–water partition coefficient (Wildman–Crippen LogP) is 2.81. The molecule has 3 rings (SSSR count). The first-order valence-electron chi connectivity index (χ1n) is 9.11. The van der Waals surface area contributed by atoms with Gasteiger partial charge in [-0.15, -0.1) is 0 Å². The quantitative estimate of drug-likeness (QED) is 0.615. The van der Waals surface area contributed by atoms with Crippen LogP contribution in [0.2, 0.25) is 0 Å². The number of benzene rings is 2. The maximum absolute atomic E-state index is 12.2. The molecule has 148 valence electrons. The van der Waals surface area contributed by atoms with Crippen molar-refractivity contribution in [3.63, 3.8) is 0 Å². The summed E-state index contributed by atoms with van der Waals surface area (Å²) in [6, 6.07) is 11.5. The van der Waals surface area contributed by atoms with Crippen molar-refractivity contribution in [2.75, 3.05) is 27.9 Å². The average molecular weight is 383 g/mol. The maximum Gasteiger partial charge on any atom is 0.221 e. The van der Waals surface area contributed by atoms with E-state index in [4.69, 9.17) is 14.2 Å². The number of carbonyl (C=O) groups is 1. The molecule has 1 aromatic heterocycles. The van der Waals surface area contributed by atoms with E-state index in [1.807, 2.05) is 41.1 Å². The van der Waals surface area contributed by atoms with Crippen molar-refractivity contribution in [1.82, 2.24) is 15.1 Å². The number of hydrogen-bond donors (Lipinski definition) is 1. The molecule has 3 aromatic rings. The molecule has 7 heteroatoms. The van der Waals surface area contributed by atoms with Crippen LogP contribution in [-0.2, 0) is 17.8 Å². The van der Waals surface area contributed by atoms with E-state index >= 15 is 0 Å². The van der Waals surface area contributed by atoms with Crippen molar-refractivity contribution >= 4 is 16.8 Å². The third-order valence-electron chi connectivity index (χ3n) is 4.58. The number of aryl methyl sites for hydroxylation is 1. The molecule has 2 aromatic carbocycles. The van der Waals surface area contributed by atoms with Gasteiger partial charge in [-0.1, -0.05) is 6.07 Å². The molecule has 1 amide bonds. The predicted molar refractivity (Wildman–Crippen MR) is 107 cm³/mol. The van der Waals surface area contributed by atoms with Gasteiger partial charge in [0.1, 0.15) is 5.75 Å². The van der Waals surface area contributed by atoms with Crippen molar-refractivity contribution in [2.24, 2.45) is 0 Å². The highest BCUT2D eigenvalue weighted by Crippen LogP contribution is 2.27. The van der Waals surface area contributed by atoms with E-state index in [9.17, 15) is 4.79 Å². The summed E-state index contributed by atoms with van der Waals surface area (Å²) in [6.07, 6.45) is 2.87. The fourth-order valence-electron chi connectivity index (χ4n) is 3.05. The van der Waals surface area contributed by atoms with Gasteiger partial charge < -0.3 is 19.5 Å². The molecule has 0 saturated heterocycles. The SMILES string of the molecule is COc1ccc2c(cnn2CCC(=O)NCCc2ccc(OC)c(OC)c2)c1. The van der Waals surface area contributed by atoms with Crippen LogP contribution in [0, 0.1) is 0 Å². The zero-order chi connectivity index (χ0) is 19.9. The topological polar surface area (TPSA) is 74.6 Å². The first-order valence-corrected chi connectivity index (χ1v) is 9.11. The van der Waals surface area contributed by atoms with Gasteiger partial charge in [-0.3, -0.25) is 9.48 Å². The first-order chi connectivity index (χ1) is 13.6. The summed E-state index contributed by atoms with van der Waals surface area (Å²) in [5, 5.41) is 8.31. The molecule has 0 spiro atoms. The van der Waals surface area contributed by atoms with Gasteiger partial charge in [0.2, 0.25) is 5.91 Å². The average Bonchev–Trinajstić information content (AvgIpc) is 3.14. The summed E-state index contributed by atoms with van der Waals surface area (Å²) in [7, 11) is 4.85. The molecule has 0 unspecified atom stereocenters. The number of amides is 1. The Balaban J connectivity index is 1.49. The summed E-state index contributed by atoms with van der Waals surface area (Å²) in [6.45, 7) is 1.09. The van der Waals surface area contributed by atoms with Crippen molar-refractivity contribution < 1.29 is 19.0 Å². The molecule has 0 aliphatic heterocycles. The molecule has 0 atom stereocenters. The minimum atomic E-state index is -0.00219. The number of fused-ring (bicyclic) bond motifs is 1. The lowest BCUT2D eigenvalue weighted by Gasteiger charge is -2.10. The molecule has 1 heterocycles. The van der Waals surface area contributed by atoms with E-state index in [1.165, 1.54) is 0 Å². The van der Waals surface area contributed by atoms with Crippen molar-refractivity contribution in [3.8, 4) is 17.2 Å². The molecule has 0 saturated carbocycles. The Morgan fingerprint density at radius 3 is 2.61 bits per heavy atom.